The van der Waals surface area contributed by atoms with E-state index in [4.69, 9.17) is 0 Å². The van der Waals surface area contributed by atoms with Crippen molar-refractivity contribution in [2.75, 3.05) is 0 Å². The monoisotopic (exact) mass is 260 g/mol. The SMILES string of the molecule is O=C(Cn1cccc(C(F)(F)F)c1=O)NC1CC1. The molecule has 4 nitrogen and oxygen atoms in total. The largest absolute Gasteiger partial charge is 0.421 e. The topological polar surface area (TPSA) is 51.1 Å². The van der Waals surface area contributed by atoms with Gasteiger partial charge in [-0.1, -0.05) is 0 Å². The van der Waals surface area contributed by atoms with Crippen molar-refractivity contribution in [3.05, 3.63) is 34.2 Å². The highest BCUT2D eigenvalue weighted by Crippen LogP contribution is 2.26. The van der Waals surface area contributed by atoms with Gasteiger partial charge in [-0.3, -0.25) is 9.59 Å². The maximum absolute atomic E-state index is 12.5. The Kier molecular flexibility index (Phi) is 3.14. The predicted octanol–water partition coefficient (Wildman–Crippen LogP) is 1.15. The van der Waals surface area contributed by atoms with Crippen LogP contribution in [0.1, 0.15) is 18.4 Å². The van der Waals surface area contributed by atoms with Crippen LogP contribution >= 0.6 is 0 Å². The lowest BCUT2D eigenvalue weighted by atomic mass is 10.2. The summed E-state index contributed by atoms with van der Waals surface area (Å²) >= 11 is 0. The fourth-order valence-corrected chi connectivity index (χ4v) is 1.53. The summed E-state index contributed by atoms with van der Waals surface area (Å²) in [6, 6.07) is 1.92. The lowest BCUT2D eigenvalue weighted by molar-refractivity contribution is -0.139. The smallest absolute Gasteiger partial charge is 0.352 e. The molecule has 98 valence electrons. The lowest BCUT2D eigenvalue weighted by Crippen LogP contribution is -2.35. The Hall–Kier alpha value is -1.79. The van der Waals surface area contributed by atoms with Gasteiger partial charge < -0.3 is 9.88 Å². The van der Waals surface area contributed by atoms with Crippen LogP contribution in [0.2, 0.25) is 0 Å². The summed E-state index contributed by atoms with van der Waals surface area (Å²) in [4.78, 5) is 22.9. The van der Waals surface area contributed by atoms with Gasteiger partial charge in [0.1, 0.15) is 12.1 Å². The van der Waals surface area contributed by atoms with Crippen molar-refractivity contribution in [2.45, 2.75) is 31.6 Å². The Morgan fingerprint density at radius 3 is 2.67 bits per heavy atom. The van der Waals surface area contributed by atoms with Gasteiger partial charge in [0.2, 0.25) is 5.91 Å². The first-order valence-electron chi connectivity index (χ1n) is 5.44. The Morgan fingerprint density at radius 1 is 1.44 bits per heavy atom. The number of alkyl halides is 3. The maximum Gasteiger partial charge on any atom is 0.421 e. The molecule has 1 aliphatic carbocycles. The van der Waals surface area contributed by atoms with Crippen LogP contribution in [-0.4, -0.2) is 16.5 Å². The second-order valence-electron chi connectivity index (χ2n) is 4.19. The van der Waals surface area contributed by atoms with E-state index in [-0.39, 0.29) is 12.6 Å². The van der Waals surface area contributed by atoms with Crippen LogP contribution in [0.25, 0.3) is 0 Å². The Balaban J connectivity index is 2.18. The number of nitrogens with one attached hydrogen (secondary N) is 1. The molecule has 1 aliphatic rings. The highest BCUT2D eigenvalue weighted by Gasteiger charge is 2.34. The van der Waals surface area contributed by atoms with Gasteiger partial charge in [-0.15, -0.1) is 0 Å². The second-order valence-corrected chi connectivity index (χ2v) is 4.19. The van der Waals surface area contributed by atoms with Crippen LogP contribution in [0.15, 0.2) is 23.1 Å². The van der Waals surface area contributed by atoms with Crippen molar-refractivity contribution in [2.24, 2.45) is 0 Å². The molecule has 1 fully saturated rings. The van der Waals surface area contributed by atoms with E-state index in [0.29, 0.717) is 6.07 Å². The van der Waals surface area contributed by atoms with Gasteiger partial charge in [0.05, 0.1) is 0 Å². The molecule has 0 aromatic carbocycles. The molecule has 0 bridgehead atoms. The first-order valence-corrected chi connectivity index (χ1v) is 5.44. The fourth-order valence-electron chi connectivity index (χ4n) is 1.53. The van der Waals surface area contributed by atoms with Crippen molar-refractivity contribution in [3.8, 4) is 0 Å². The van der Waals surface area contributed by atoms with Gasteiger partial charge >= 0.3 is 6.18 Å². The van der Waals surface area contributed by atoms with Crippen LogP contribution in [0, 0.1) is 0 Å². The number of rotatable bonds is 3. The van der Waals surface area contributed by atoms with Gasteiger partial charge in [-0.2, -0.15) is 13.2 Å². The van der Waals surface area contributed by atoms with E-state index in [2.05, 4.69) is 5.32 Å². The number of halogens is 3. The third kappa shape index (κ3) is 2.91. The number of amides is 1. The van der Waals surface area contributed by atoms with Crippen LogP contribution in [0.5, 0.6) is 0 Å². The van der Waals surface area contributed by atoms with Crippen LogP contribution < -0.4 is 10.9 Å². The minimum atomic E-state index is -4.70. The van der Waals surface area contributed by atoms with Crippen molar-refractivity contribution < 1.29 is 18.0 Å². The molecule has 1 aromatic rings. The number of aromatic nitrogens is 1. The predicted molar refractivity (Wildman–Crippen MR) is 56.9 cm³/mol. The van der Waals surface area contributed by atoms with Gasteiger partial charge in [-0.25, -0.2) is 0 Å². The van der Waals surface area contributed by atoms with Crippen LogP contribution in [0.3, 0.4) is 0 Å². The molecule has 0 saturated heterocycles. The molecule has 0 spiro atoms. The van der Waals surface area contributed by atoms with E-state index >= 15 is 0 Å². The average Bonchev–Trinajstić information content (AvgIpc) is 3.03. The summed E-state index contributed by atoms with van der Waals surface area (Å²) in [7, 11) is 0. The number of nitrogens with zero attached hydrogens (tertiary/aromatic N) is 1. The summed E-state index contributed by atoms with van der Waals surface area (Å²) in [5.41, 5.74) is -2.46. The minimum absolute atomic E-state index is 0.110. The third-order valence-corrected chi connectivity index (χ3v) is 2.58. The molecule has 1 aromatic heterocycles. The van der Waals surface area contributed by atoms with Gasteiger partial charge in [-0.05, 0) is 25.0 Å². The number of pyridine rings is 1. The molecule has 0 atom stereocenters. The molecular formula is C11H11F3N2O2. The summed E-state index contributed by atoms with van der Waals surface area (Å²) < 4.78 is 38.2. The van der Waals surface area contributed by atoms with E-state index in [0.717, 1.165) is 23.5 Å². The quantitative estimate of drug-likeness (QED) is 0.886. The molecule has 7 heteroatoms. The van der Waals surface area contributed by atoms with Crippen molar-refractivity contribution in [1.82, 2.24) is 9.88 Å². The third-order valence-electron chi connectivity index (χ3n) is 2.58. The molecule has 1 amide bonds. The Labute approximate surface area is 100 Å². The van der Waals surface area contributed by atoms with E-state index in [1.165, 1.54) is 6.20 Å². The number of carbonyl (C=O) groups excluding carboxylic acids is 1. The highest BCUT2D eigenvalue weighted by molar-refractivity contribution is 5.76. The normalized spacial score (nSPS) is 15.5. The fraction of sp³-hybridized carbons (Fsp3) is 0.455. The van der Waals surface area contributed by atoms with Crippen LogP contribution in [0.4, 0.5) is 13.2 Å². The molecule has 18 heavy (non-hydrogen) atoms. The summed E-state index contributed by atoms with van der Waals surface area (Å²) in [5, 5.41) is 2.61. The van der Waals surface area contributed by atoms with Crippen molar-refractivity contribution in [3.63, 3.8) is 0 Å². The maximum atomic E-state index is 12.5. The van der Waals surface area contributed by atoms with Gasteiger partial charge in [0, 0.05) is 12.2 Å². The standard InChI is InChI=1S/C11H11F3N2O2/c12-11(13,14)8-2-1-5-16(10(8)18)6-9(17)15-7-3-4-7/h1-2,5,7H,3-4,6H2,(H,15,17). The van der Waals surface area contributed by atoms with Crippen molar-refractivity contribution >= 4 is 5.91 Å². The van der Waals surface area contributed by atoms with Crippen LogP contribution in [-0.2, 0) is 17.5 Å². The van der Waals surface area contributed by atoms with Gasteiger partial charge in [0.15, 0.2) is 0 Å². The van der Waals surface area contributed by atoms with Gasteiger partial charge in [0.25, 0.3) is 5.56 Å². The Bertz CT molecular complexity index is 518. The molecule has 2 rings (SSSR count). The first kappa shape index (κ1) is 12.7. The van der Waals surface area contributed by atoms with E-state index < -0.39 is 23.2 Å². The minimum Gasteiger partial charge on any atom is -0.352 e. The molecule has 0 radical (unpaired) electrons. The molecule has 1 N–H and O–H groups in total. The van der Waals surface area contributed by atoms with E-state index in [9.17, 15) is 22.8 Å². The number of hydrogen-bond acceptors (Lipinski definition) is 2. The van der Waals surface area contributed by atoms with Crippen molar-refractivity contribution in [1.29, 1.82) is 0 Å². The summed E-state index contributed by atoms with van der Waals surface area (Å²) in [6.07, 6.45) is -1.77. The lowest BCUT2D eigenvalue weighted by Gasteiger charge is -2.10. The zero-order chi connectivity index (χ0) is 13.3. The summed E-state index contributed by atoms with van der Waals surface area (Å²) in [5.74, 6) is -0.445. The van der Waals surface area contributed by atoms with E-state index in [1.807, 2.05) is 0 Å². The second kappa shape index (κ2) is 4.47. The first-order chi connectivity index (χ1) is 8.38. The molecule has 1 saturated carbocycles. The van der Waals surface area contributed by atoms with E-state index in [1.54, 1.807) is 0 Å². The zero-order valence-electron chi connectivity index (χ0n) is 9.33. The Morgan fingerprint density at radius 2 is 2.11 bits per heavy atom. The zero-order valence-corrected chi connectivity index (χ0v) is 9.33. The average molecular weight is 260 g/mol. The number of hydrogen-bond donors (Lipinski definition) is 1. The molecule has 0 aliphatic heterocycles. The molecular weight excluding hydrogens is 249 g/mol. The summed E-state index contributed by atoms with van der Waals surface area (Å²) in [6.45, 7) is -0.390. The molecule has 1 heterocycles. The number of carbonyl (C=O) groups is 1. The highest BCUT2D eigenvalue weighted by atomic mass is 19.4. The molecule has 0 unspecified atom stereocenters.